The lowest BCUT2D eigenvalue weighted by Crippen LogP contribution is -2.32. The first-order valence-electron chi connectivity index (χ1n) is 7.89. The minimum atomic E-state index is -4.24. The second kappa shape index (κ2) is 7.87. The first-order valence-corrected chi connectivity index (χ1v) is 10.1. The van der Waals surface area contributed by atoms with Crippen LogP contribution in [0.1, 0.15) is 13.8 Å². The number of hydrogen-bond acceptors (Lipinski definition) is 7. The van der Waals surface area contributed by atoms with Crippen LogP contribution in [0.3, 0.4) is 0 Å². The van der Waals surface area contributed by atoms with Gasteiger partial charge < -0.3 is 25.5 Å². The highest BCUT2D eigenvalue weighted by Crippen LogP contribution is 2.33. The van der Waals surface area contributed by atoms with Crippen LogP contribution in [0.25, 0.3) is 0 Å². The molecule has 0 aromatic heterocycles. The van der Waals surface area contributed by atoms with E-state index in [0.29, 0.717) is 11.5 Å². The molecule has 1 aliphatic rings. The van der Waals surface area contributed by atoms with Crippen molar-refractivity contribution in [2.24, 2.45) is 11.7 Å². The summed E-state index contributed by atoms with van der Waals surface area (Å²) in [6.45, 7) is 3.66. The normalized spacial score (nSPS) is 16.5. The van der Waals surface area contributed by atoms with Crippen LogP contribution >= 0.6 is 23.2 Å². The number of nitrogens with zero attached hydrogens (tertiary/aromatic N) is 1. The maximum absolute atomic E-state index is 13.0. The summed E-state index contributed by atoms with van der Waals surface area (Å²) in [5, 5.41) is 13.9. The van der Waals surface area contributed by atoms with Crippen LogP contribution < -0.4 is 20.6 Å². The molecule has 0 radical (unpaired) electrons. The third-order valence-corrected chi connectivity index (χ3v) is 5.55. The molecule has 0 saturated heterocycles. The summed E-state index contributed by atoms with van der Waals surface area (Å²) in [7, 11) is -1.11. The fourth-order valence-electron chi connectivity index (χ4n) is 2.59. The zero-order valence-electron chi connectivity index (χ0n) is 15.2. The summed E-state index contributed by atoms with van der Waals surface area (Å²) in [6, 6.07) is 4.18. The molecular formula is C16H21Cl2N5O3S. The molecule has 11 heteroatoms. The van der Waals surface area contributed by atoms with Gasteiger partial charge in [0, 0.05) is 36.3 Å². The van der Waals surface area contributed by atoms with Crippen LogP contribution in [0.5, 0.6) is 5.75 Å². The van der Waals surface area contributed by atoms with Crippen molar-refractivity contribution in [3.63, 3.8) is 0 Å². The molecule has 0 amide bonds. The van der Waals surface area contributed by atoms with Crippen molar-refractivity contribution in [2.45, 2.75) is 13.8 Å². The first-order chi connectivity index (χ1) is 12.5. The van der Waals surface area contributed by atoms with Crippen molar-refractivity contribution in [3.8, 4) is 5.75 Å². The van der Waals surface area contributed by atoms with Crippen molar-refractivity contribution in [1.29, 1.82) is 5.41 Å². The van der Waals surface area contributed by atoms with Gasteiger partial charge in [0.1, 0.15) is 23.1 Å². The van der Waals surface area contributed by atoms with Crippen LogP contribution in [0.4, 0.5) is 0 Å². The monoisotopic (exact) mass is 433 g/mol. The number of allylic oxidation sites excluding steroid dienone is 1. The predicted molar refractivity (Wildman–Crippen MR) is 107 cm³/mol. The van der Waals surface area contributed by atoms with E-state index in [2.05, 4.69) is 10.6 Å². The molecule has 148 valence electrons. The standard InChI is InChI=1S/C16H21Cl2N5O3S/c1-8(2)12-16(23(4)15(22-12)13(21-3)14(19)20)27(24,25)26-11-6-9(17)5-10(18)7-11/h5-8,21-22H,1-4H3,(H3,19,20). The van der Waals surface area contributed by atoms with Crippen molar-refractivity contribution in [3.05, 3.63) is 50.5 Å². The Hall–Kier alpha value is -2.10. The summed E-state index contributed by atoms with van der Waals surface area (Å²) in [5.41, 5.74) is 6.26. The van der Waals surface area contributed by atoms with Gasteiger partial charge >= 0.3 is 10.1 Å². The molecule has 0 atom stereocenters. The summed E-state index contributed by atoms with van der Waals surface area (Å²) in [6.07, 6.45) is 0. The van der Waals surface area contributed by atoms with Gasteiger partial charge in [-0.1, -0.05) is 37.0 Å². The molecule has 8 nitrogen and oxygen atoms in total. The molecule has 0 fully saturated rings. The molecule has 0 unspecified atom stereocenters. The summed E-state index contributed by atoms with van der Waals surface area (Å²) < 4.78 is 31.3. The summed E-state index contributed by atoms with van der Waals surface area (Å²) in [5.74, 6) is -0.0863. The van der Waals surface area contributed by atoms with Crippen molar-refractivity contribution < 1.29 is 12.6 Å². The van der Waals surface area contributed by atoms with Gasteiger partial charge in [0.2, 0.25) is 0 Å². The smallest absolute Gasteiger partial charge is 0.356 e. The molecule has 27 heavy (non-hydrogen) atoms. The molecule has 0 aliphatic carbocycles. The van der Waals surface area contributed by atoms with Crippen molar-refractivity contribution in [1.82, 2.24) is 15.5 Å². The number of benzene rings is 1. The van der Waals surface area contributed by atoms with Gasteiger partial charge in [-0.3, -0.25) is 5.41 Å². The molecule has 1 aromatic rings. The highest BCUT2D eigenvalue weighted by Gasteiger charge is 2.38. The molecule has 0 bridgehead atoms. The average Bonchev–Trinajstić information content (AvgIpc) is 2.84. The maximum atomic E-state index is 13.0. The topological polar surface area (TPSA) is 121 Å². The van der Waals surface area contributed by atoms with E-state index in [0.717, 1.165) is 0 Å². The van der Waals surface area contributed by atoms with Crippen LogP contribution in [0, 0.1) is 11.3 Å². The molecule has 0 saturated carbocycles. The number of amidine groups is 1. The van der Waals surface area contributed by atoms with Gasteiger partial charge in [0.05, 0.1) is 5.70 Å². The second-order valence-corrected chi connectivity index (χ2v) is 8.42. The molecule has 0 spiro atoms. The zero-order chi connectivity index (χ0) is 20.5. The Balaban J connectivity index is 2.54. The third-order valence-electron chi connectivity index (χ3n) is 3.74. The van der Waals surface area contributed by atoms with Crippen LogP contribution in [-0.2, 0) is 10.1 Å². The highest BCUT2D eigenvalue weighted by atomic mass is 35.5. The fraction of sp³-hybridized carbons (Fsp3) is 0.312. The molecule has 1 aliphatic heterocycles. The largest absolute Gasteiger partial charge is 0.382 e. The van der Waals surface area contributed by atoms with Gasteiger partial charge in [0.25, 0.3) is 0 Å². The second-order valence-electron chi connectivity index (χ2n) is 6.09. The minimum Gasteiger partial charge on any atom is -0.382 e. The number of hydrogen-bond donors (Lipinski definition) is 4. The molecular weight excluding hydrogens is 413 g/mol. The van der Waals surface area contributed by atoms with E-state index in [1.54, 1.807) is 14.1 Å². The number of halogens is 2. The Morgan fingerprint density at radius 3 is 2.30 bits per heavy atom. The Morgan fingerprint density at radius 1 is 1.30 bits per heavy atom. The lowest BCUT2D eigenvalue weighted by molar-refractivity contribution is 0.465. The third kappa shape index (κ3) is 4.42. The number of rotatable bonds is 6. The van der Waals surface area contributed by atoms with Gasteiger partial charge in [0.15, 0.2) is 5.03 Å². The Labute approximate surface area is 168 Å². The highest BCUT2D eigenvalue weighted by molar-refractivity contribution is 7.91. The van der Waals surface area contributed by atoms with E-state index in [1.165, 1.54) is 23.1 Å². The van der Waals surface area contributed by atoms with Crippen LogP contribution in [-0.4, -0.2) is 33.2 Å². The Kier molecular flexibility index (Phi) is 6.18. The summed E-state index contributed by atoms with van der Waals surface area (Å²) in [4.78, 5) is 1.38. The fourth-order valence-corrected chi connectivity index (χ4v) is 4.51. The molecule has 1 heterocycles. The summed E-state index contributed by atoms with van der Waals surface area (Å²) >= 11 is 11.8. The molecule has 2 rings (SSSR count). The number of nitrogens with two attached hydrogens (primary N) is 1. The van der Waals surface area contributed by atoms with Crippen LogP contribution in [0.2, 0.25) is 10.0 Å². The maximum Gasteiger partial charge on any atom is 0.356 e. The minimum absolute atomic E-state index is 0.00524. The predicted octanol–water partition coefficient (Wildman–Crippen LogP) is 2.39. The van der Waals surface area contributed by atoms with E-state index in [4.69, 9.17) is 38.5 Å². The van der Waals surface area contributed by atoms with E-state index < -0.39 is 10.1 Å². The average molecular weight is 434 g/mol. The van der Waals surface area contributed by atoms with E-state index >= 15 is 0 Å². The van der Waals surface area contributed by atoms with E-state index in [-0.39, 0.29) is 38.3 Å². The SMILES string of the molecule is CNC(C(=N)N)=C1NC(C(C)C)=C(S(=O)(=O)Oc2cc(Cl)cc(Cl)c2)N1C. The van der Waals surface area contributed by atoms with Gasteiger partial charge in [-0.25, -0.2) is 0 Å². The Bertz CT molecular complexity index is 921. The van der Waals surface area contributed by atoms with Crippen molar-refractivity contribution in [2.75, 3.05) is 14.1 Å². The lowest BCUT2D eigenvalue weighted by atomic mass is 10.1. The number of likely N-dealkylation sites (N-methyl/N-ethyl adjacent to an activating group) is 1. The molecule has 5 N–H and O–H groups in total. The van der Waals surface area contributed by atoms with Gasteiger partial charge in [-0.15, -0.1) is 0 Å². The van der Waals surface area contributed by atoms with Gasteiger partial charge in [-0.05, 0) is 12.0 Å². The zero-order valence-corrected chi connectivity index (χ0v) is 17.6. The first kappa shape index (κ1) is 21.2. The van der Waals surface area contributed by atoms with E-state index in [1.807, 2.05) is 13.8 Å². The van der Waals surface area contributed by atoms with Crippen molar-refractivity contribution >= 4 is 39.2 Å². The van der Waals surface area contributed by atoms with Crippen LogP contribution in [0.15, 0.2) is 40.4 Å². The van der Waals surface area contributed by atoms with Gasteiger partial charge in [-0.2, -0.15) is 8.42 Å². The molecule has 1 aromatic carbocycles. The lowest BCUT2D eigenvalue weighted by Gasteiger charge is -2.20. The Morgan fingerprint density at radius 2 is 1.85 bits per heavy atom. The van der Waals surface area contributed by atoms with E-state index in [9.17, 15) is 8.42 Å². The quantitative estimate of drug-likeness (QED) is 0.308. The number of nitrogens with one attached hydrogen (secondary N) is 3.